The molecule has 0 fully saturated rings. The van der Waals surface area contributed by atoms with Crippen molar-refractivity contribution < 1.29 is 4.74 Å². The lowest BCUT2D eigenvalue weighted by atomic mass is 10.2. The van der Waals surface area contributed by atoms with E-state index in [2.05, 4.69) is 10.4 Å². The smallest absolute Gasteiger partial charge is 0.168 e. The number of ether oxygens (including phenoxy) is 1. The first-order valence-electron chi connectivity index (χ1n) is 5.83. The molecule has 100 valence electrons. The molecular weight excluding hydrogens is 260 g/mol. The Balaban J connectivity index is 2.11. The van der Waals surface area contributed by atoms with E-state index < -0.39 is 0 Å². The quantitative estimate of drug-likeness (QED) is 0.836. The van der Waals surface area contributed by atoms with Gasteiger partial charge < -0.3 is 15.8 Å². The molecule has 0 aliphatic heterocycles. The molecule has 0 aliphatic rings. The van der Waals surface area contributed by atoms with Crippen molar-refractivity contribution in [2.45, 2.75) is 13.5 Å². The zero-order valence-electron chi connectivity index (χ0n) is 10.9. The van der Waals surface area contributed by atoms with Gasteiger partial charge in [0, 0.05) is 18.8 Å². The molecule has 2 aromatic rings. The third-order valence-electron chi connectivity index (χ3n) is 2.64. The Labute approximate surface area is 117 Å². The van der Waals surface area contributed by atoms with Gasteiger partial charge in [-0.15, -0.1) is 0 Å². The van der Waals surface area contributed by atoms with Crippen LogP contribution in [0.15, 0.2) is 30.5 Å². The number of benzene rings is 1. The lowest BCUT2D eigenvalue weighted by molar-refractivity contribution is 0.307. The number of anilines is 1. The summed E-state index contributed by atoms with van der Waals surface area (Å²) in [5.41, 5.74) is 8.25. The van der Waals surface area contributed by atoms with E-state index in [1.54, 1.807) is 4.68 Å². The van der Waals surface area contributed by atoms with Crippen LogP contribution in [0.4, 0.5) is 5.69 Å². The van der Waals surface area contributed by atoms with Crippen molar-refractivity contribution in [2.75, 3.05) is 5.32 Å². The Morgan fingerprint density at radius 1 is 1.47 bits per heavy atom. The van der Waals surface area contributed by atoms with E-state index in [1.165, 1.54) is 0 Å². The van der Waals surface area contributed by atoms with Gasteiger partial charge in [-0.1, -0.05) is 12.1 Å². The lowest BCUT2D eigenvalue weighted by Crippen LogP contribution is -2.19. The molecule has 1 aromatic carbocycles. The van der Waals surface area contributed by atoms with Gasteiger partial charge in [0.05, 0.1) is 11.4 Å². The summed E-state index contributed by atoms with van der Waals surface area (Å²) in [6, 6.07) is 7.52. The van der Waals surface area contributed by atoms with Crippen LogP contribution >= 0.6 is 12.2 Å². The maximum atomic E-state index is 5.79. The van der Waals surface area contributed by atoms with E-state index >= 15 is 0 Å². The molecule has 0 bridgehead atoms. The molecule has 0 spiro atoms. The molecule has 0 atom stereocenters. The van der Waals surface area contributed by atoms with Gasteiger partial charge in [-0.25, -0.2) is 0 Å². The van der Waals surface area contributed by atoms with Crippen molar-refractivity contribution in [3.05, 3.63) is 41.7 Å². The first kappa shape index (κ1) is 13.4. The van der Waals surface area contributed by atoms with Crippen molar-refractivity contribution >= 4 is 23.0 Å². The molecule has 0 aliphatic carbocycles. The van der Waals surface area contributed by atoms with Crippen LogP contribution in [0.25, 0.3) is 0 Å². The minimum Gasteiger partial charge on any atom is -0.487 e. The van der Waals surface area contributed by atoms with Gasteiger partial charge in [0.15, 0.2) is 5.11 Å². The van der Waals surface area contributed by atoms with Crippen molar-refractivity contribution in [3.63, 3.8) is 0 Å². The minimum atomic E-state index is 0.216. The highest BCUT2D eigenvalue weighted by atomic mass is 32.1. The average Bonchev–Trinajstić information content (AvgIpc) is 2.66. The third-order valence-corrected chi connectivity index (χ3v) is 2.75. The zero-order chi connectivity index (χ0) is 13.8. The highest BCUT2D eigenvalue weighted by molar-refractivity contribution is 7.80. The number of nitrogens with one attached hydrogen (secondary N) is 1. The van der Waals surface area contributed by atoms with Gasteiger partial charge in [0.1, 0.15) is 12.4 Å². The Bertz CT molecular complexity index is 594. The van der Waals surface area contributed by atoms with Crippen LogP contribution in [0, 0.1) is 6.92 Å². The topological polar surface area (TPSA) is 65.1 Å². The number of rotatable bonds is 4. The number of nitrogens with two attached hydrogens (primary N) is 1. The number of hydrogen-bond donors (Lipinski definition) is 2. The second kappa shape index (κ2) is 5.71. The SMILES string of the molecule is Cc1nn(C)cc1COc1ccccc1NC(N)=S. The van der Waals surface area contributed by atoms with E-state index in [0.717, 1.165) is 16.9 Å². The predicted molar refractivity (Wildman–Crippen MR) is 79.1 cm³/mol. The van der Waals surface area contributed by atoms with Crippen LogP contribution in [0.3, 0.4) is 0 Å². The fourth-order valence-electron chi connectivity index (χ4n) is 1.77. The fourth-order valence-corrected chi connectivity index (χ4v) is 1.88. The molecule has 1 heterocycles. The van der Waals surface area contributed by atoms with Crippen molar-refractivity contribution in [1.29, 1.82) is 0 Å². The number of hydrogen-bond acceptors (Lipinski definition) is 3. The first-order valence-corrected chi connectivity index (χ1v) is 6.24. The summed E-state index contributed by atoms with van der Waals surface area (Å²) in [7, 11) is 1.89. The highest BCUT2D eigenvalue weighted by Crippen LogP contribution is 2.24. The number of aryl methyl sites for hydroxylation is 2. The van der Waals surface area contributed by atoms with Crippen molar-refractivity contribution in [1.82, 2.24) is 9.78 Å². The monoisotopic (exact) mass is 276 g/mol. The third kappa shape index (κ3) is 3.45. The van der Waals surface area contributed by atoms with E-state index in [0.29, 0.717) is 12.4 Å². The van der Waals surface area contributed by atoms with Crippen LogP contribution in [0.1, 0.15) is 11.3 Å². The molecule has 0 saturated heterocycles. The summed E-state index contributed by atoms with van der Waals surface area (Å²) < 4.78 is 7.56. The number of para-hydroxylation sites is 2. The van der Waals surface area contributed by atoms with Crippen LogP contribution in [0.5, 0.6) is 5.75 Å². The summed E-state index contributed by atoms with van der Waals surface area (Å²) >= 11 is 4.84. The Morgan fingerprint density at radius 2 is 2.21 bits per heavy atom. The fraction of sp³-hybridized carbons (Fsp3) is 0.231. The normalized spacial score (nSPS) is 10.2. The summed E-state index contributed by atoms with van der Waals surface area (Å²) in [6.07, 6.45) is 1.94. The molecule has 0 unspecified atom stereocenters. The predicted octanol–water partition coefficient (Wildman–Crippen LogP) is 1.96. The van der Waals surface area contributed by atoms with E-state index in [4.69, 9.17) is 22.7 Å². The molecule has 5 nitrogen and oxygen atoms in total. The maximum absolute atomic E-state index is 5.79. The molecule has 6 heteroatoms. The molecule has 2 rings (SSSR count). The number of nitrogens with zero attached hydrogens (tertiary/aromatic N) is 2. The molecule has 3 N–H and O–H groups in total. The Morgan fingerprint density at radius 3 is 2.84 bits per heavy atom. The van der Waals surface area contributed by atoms with Crippen LogP contribution in [0.2, 0.25) is 0 Å². The van der Waals surface area contributed by atoms with Gasteiger partial charge in [-0.3, -0.25) is 4.68 Å². The van der Waals surface area contributed by atoms with Crippen molar-refractivity contribution in [3.8, 4) is 5.75 Å². The summed E-state index contributed by atoms with van der Waals surface area (Å²) in [6.45, 7) is 2.41. The standard InChI is InChI=1S/C13H16N4OS/c1-9-10(7-17(2)16-9)8-18-12-6-4-3-5-11(12)15-13(14)19/h3-7H,8H2,1-2H3,(H3,14,15,19). The zero-order valence-corrected chi connectivity index (χ0v) is 11.7. The minimum absolute atomic E-state index is 0.216. The van der Waals surface area contributed by atoms with Crippen molar-refractivity contribution in [2.24, 2.45) is 12.8 Å². The van der Waals surface area contributed by atoms with Gasteiger partial charge in [0.25, 0.3) is 0 Å². The van der Waals surface area contributed by atoms with Crippen LogP contribution in [-0.4, -0.2) is 14.9 Å². The van der Waals surface area contributed by atoms with Gasteiger partial charge >= 0.3 is 0 Å². The second-order valence-electron chi connectivity index (χ2n) is 4.19. The summed E-state index contributed by atoms with van der Waals surface area (Å²) in [4.78, 5) is 0. The van der Waals surface area contributed by atoms with E-state index in [-0.39, 0.29) is 5.11 Å². The van der Waals surface area contributed by atoms with Gasteiger partial charge in [-0.05, 0) is 31.3 Å². The van der Waals surface area contributed by atoms with E-state index in [1.807, 2.05) is 44.4 Å². The van der Waals surface area contributed by atoms with E-state index in [9.17, 15) is 0 Å². The highest BCUT2D eigenvalue weighted by Gasteiger charge is 2.07. The maximum Gasteiger partial charge on any atom is 0.168 e. The number of aromatic nitrogens is 2. The lowest BCUT2D eigenvalue weighted by Gasteiger charge is -2.11. The second-order valence-corrected chi connectivity index (χ2v) is 4.63. The van der Waals surface area contributed by atoms with Crippen LogP contribution < -0.4 is 15.8 Å². The molecule has 19 heavy (non-hydrogen) atoms. The van der Waals surface area contributed by atoms with Crippen LogP contribution in [-0.2, 0) is 13.7 Å². The van der Waals surface area contributed by atoms with Gasteiger partial charge in [0.2, 0.25) is 0 Å². The Kier molecular flexibility index (Phi) is 4.01. The summed E-state index contributed by atoms with van der Waals surface area (Å²) in [5, 5.41) is 7.38. The Hall–Kier alpha value is -2.08. The summed E-state index contributed by atoms with van der Waals surface area (Å²) in [5.74, 6) is 0.707. The first-order chi connectivity index (χ1) is 9.06. The molecule has 1 aromatic heterocycles. The molecule has 0 amide bonds. The average molecular weight is 276 g/mol. The molecular formula is C13H16N4OS. The molecule has 0 saturated carbocycles. The van der Waals surface area contributed by atoms with Gasteiger partial charge in [-0.2, -0.15) is 5.10 Å². The molecule has 0 radical (unpaired) electrons. The number of thiocarbonyl (C=S) groups is 1. The largest absolute Gasteiger partial charge is 0.487 e.